The SMILES string of the molecule is c1ccc(-c2cc(-c3cccnc3)nc(-c3cccc(-c4c5ccccc5c(-c5ccc6c(c5)c5cnccc5n6-c5ccccc5)c5ccccc45)c3)n2)cc1. The first kappa shape index (κ1) is 32.7. The van der Waals surface area contributed by atoms with Gasteiger partial charge < -0.3 is 4.57 Å². The third-order valence-electron chi connectivity index (χ3n) is 11.0. The van der Waals surface area contributed by atoms with Crippen LogP contribution >= 0.6 is 0 Å². The third kappa shape index (κ3) is 5.56. The van der Waals surface area contributed by atoms with Gasteiger partial charge in [0.15, 0.2) is 5.82 Å². The molecule has 0 saturated carbocycles. The molecule has 0 spiro atoms. The lowest BCUT2D eigenvalue weighted by atomic mass is 9.85. The van der Waals surface area contributed by atoms with Crippen LogP contribution in [0, 0.1) is 0 Å². The molecular formula is C52H33N5. The maximum atomic E-state index is 5.14. The van der Waals surface area contributed by atoms with Crippen molar-refractivity contribution >= 4 is 43.4 Å². The standard InChI is InChI=1S/C52H33N5/c1-3-13-34(14-4-1)46-31-47(38-17-12-27-53-32-38)56-52(55-46)37-16-11-15-35(29-37)50-40-20-7-9-22-42(40)51(43-23-10-8-21-41(43)50)36-24-25-48-44(30-36)45-33-54-28-26-49(45)57(48)39-18-5-2-6-19-39/h1-33H. The molecular weight excluding hydrogens is 695 g/mol. The summed E-state index contributed by atoms with van der Waals surface area (Å²) in [5, 5.41) is 7.07. The highest BCUT2D eigenvalue weighted by molar-refractivity contribution is 6.22. The maximum absolute atomic E-state index is 5.14. The lowest BCUT2D eigenvalue weighted by Crippen LogP contribution is -1.96. The van der Waals surface area contributed by atoms with Gasteiger partial charge in [0, 0.05) is 57.9 Å². The van der Waals surface area contributed by atoms with Crippen molar-refractivity contribution in [3.8, 4) is 61.8 Å². The molecule has 0 atom stereocenters. The number of para-hydroxylation sites is 1. The van der Waals surface area contributed by atoms with Crippen molar-refractivity contribution in [1.29, 1.82) is 0 Å². The van der Waals surface area contributed by atoms with Gasteiger partial charge in [0.2, 0.25) is 0 Å². The minimum absolute atomic E-state index is 0.666. The van der Waals surface area contributed by atoms with Crippen molar-refractivity contribution in [1.82, 2.24) is 24.5 Å². The Morgan fingerprint density at radius 2 is 0.895 bits per heavy atom. The van der Waals surface area contributed by atoms with E-state index < -0.39 is 0 Å². The first-order valence-electron chi connectivity index (χ1n) is 19.1. The number of hydrogen-bond acceptors (Lipinski definition) is 4. The van der Waals surface area contributed by atoms with E-state index in [-0.39, 0.29) is 0 Å². The molecule has 0 aliphatic carbocycles. The summed E-state index contributed by atoms with van der Waals surface area (Å²) in [6.45, 7) is 0. The van der Waals surface area contributed by atoms with E-state index >= 15 is 0 Å². The summed E-state index contributed by atoms with van der Waals surface area (Å²) in [6, 6.07) is 62.2. The third-order valence-corrected chi connectivity index (χ3v) is 11.0. The highest BCUT2D eigenvalue weighted by atomic mass is 15.0. The van der Waals surface area contributed by atoms with Gasteiger partial charge in [0.25, 0.3) is 0 Å². The van der Waals surface area contributed by atoms with Crippen LogP contribution in [0.5, 0.6) is 0 Å². The van der Waals surface area contributed by atoms with Crippen LogP contribution < -0.4 is 0 Å². The van der Waals surface area contributed by atoms with Gasteiger partial charge in [-0.3, -0.25) is 9.97 Å². The summed E-state index contributed by atoms with van der Waals surface area (Å²) in [6.07, 6.45) is 7.51. The molecule has 7 aromatic carbocycles. The van der Waals surface area contributed by atoms with Crippen LogP contribution in [0.2, 0.25) is 0 Å². The van der Waals surface area contributed by atoms with Crippen LogP contribution in [-0.4, -0.2) is 24.5 Å². The van der Waals surface area contributed by atoms with Gasteiger partial charge in [-0.25, -0.2) is 9.97 Å². The molecule has 57 heavy (non-hydrogen) atoms. The molecule has 0 unspecified atom stereocenters. The van der Waals surface area contributed by atoms with E-state index in [4.69, 9.17) is 9.97 Å². The fraction of sp³-hybridized carbons (Fsp3) is 0. The molecule has 5 nitrogen and oxygen atoms in total. The molecule has 4 aromatic heterocycles. The Balaban J connectivity index is 1.11. The quantitative estimate of drug-likeness (QED) is 0.160. The topological polar surface area (TPSA) is 56.5 Å². The Bertz CT molecular complexity index is 3170. The minimum Gasteiger partial charge on any atom is -0.309 e. The number of benzene rings is 7. The van der Waals surface area contributed by atoms with Crippen LogP contribution in [0.1, 0.15) is 0 Å². The fourth-order valence-corrected chi connectivity index (χ4v) is 8.44. The number of fused-ring (bicyclic) bond motifs is 5. The molecule has 4 heterocycles. The van der Waals surface area contributed by atoms with E-state index in [1.165, 1.54) is 43.6 Å². The molecule has 0 aliphatic heterocycles. The van der Waals surface area contributed by atoms with Gasteiger partial charge in [-0.15, -0.1) is 0 Å². The predicted octanol–water partition coefficient (Wildman–Crippen LogP) is 13.0. The number of nitrogens with zero attached hydrogens (tertiary/aromatic N) is 5. The molecule has 0 aliphatic rings. The zero-order chi connectivity index (χ0) is 37.7. The van der Waals surface area contributed by atoms with Gasteiger partial charge in [-0.1, -0.05) is 121 Å². The molecule has 0 bridgehead atoms. The van der Waals surface area contributed by atoms with Gasteiger partial charge in [0.1, 0.15) is 0 Å². The second-order valence-corrected chi connectivity index (χ2v) is 14.3. The van der Waals surface area contributed by atoms with Crippen LogP contribution in [-0.2, 0) is 0 Å². The zero-order valence-electron chi connectivity index (χ0n) is 30.8. The first-order chi connectivity index (χ1) is 28.3. The zero-order valence-corrected chi connectivity index (χ0v) is 30.8. The van der Waals surface area contributed by atoms with Crippen LogP contribution in [0.3, 0.4) is 0 Å². The molecule has 0 radical (unpaired) electrons. The van der Waals surface area contributed by atoms with E-state index in [1.54, 1.807) is 6.20 Å². The normalized spacial score (nSPS) is 11.5. The van der Waals surface area contributed by atoms with Gasteiger partial charge in [0.05, 0.1) is 22.4 Å². The highest BCUT2D eigenvalue weighted by Gasteiger charge is 2.20. The van der Waals surface area contributed by atoms with Crippen LogP contribution in [0.15, 0.2) is 201 Å². The summed E-state index contributed by atoms with van der Waals surface area (Å²) in [5.74, 6) is 0.666. The summed E-state index contributed by atoms with van der Waals surface area (Å²) in [5.41, 5.74) is 12.7. The Morgan fingerprint density at radius 1 is 0.333 bits per heavy atom. The highest BCUT2D eigenvalue weighted by Crippen LogP contribution is 2.45. The second kappa shape index (κ2) is 13.5. The van der Waals surface area contributed by atoms with Gasteiger partial charge >= 0.3 is 0 Å². The Hall–Kier alpha value is -7.76. The Kier molecular flexibility index (Phi) is 7.74. The molecule has 11 rings (SSSR count). The Labute approximate surface area is 329 Å². The maximum Gasteiger partial charge on any atom is 0.160 e. The smallest absolute Gasteiger partial charge is 0.160 e. The molecule has 266 valence electrons. The monoisotopic (exact) mass is 727 g/mol. The molecule has 5 heteroatoms. The largest absolute Gasteiger partial charge is 0.309 e. The van der Waals surface area contributed by atoms with Crippen molar-refractivity contribution in [3.63, 3.8) is 0 Å². The molecule has 0 fully saturated rings. The summed E-state index contributed by atoms with van der Waals surface area (Å²) < 4.78 is 2.33. The average molecular weight is 728 g/mol. The van der Waals surface area contributed by atoms with Crippen molar-refractivity contribution < 1.29 is 0 Å². The molecule has 0 saturated heterocycles. The van der Waals surface area contributed by atoms with E-state index in [0.29, 0.717) is 5.82 Å². The second-order valence-electron chi connectivity index (χ2n) is 14.3. The summed E-state index contributed by atoms with van der Waals surface area (Å²) in [4.78, 5) is 19.2. The van der Waals surface area contributed by atoms with E-state index in [0.717, 1.165) is 55.7 Å². The lowest BCUT2D eigenvalue weighted by Gasteiger charge is -2.18. The molecule has 0 amide bonds. The number of pyridine rings is 2. The van der Waals surface area contributed by atoms with Crippen molar-refractivity contribution in [2.45, 2.75) is 0 Å². The number of aromatic nitrogens is 5. The average Bonchev–Trinajstić information content (AvgIpc) is 3.62. The van der Waals surface area contributed by atoms with E-state index in [9.17, 15) is 0 Å². The van der Waals surface area contributed by atoms with Gasteiger partial charge in [-0.05, 0) is 98.4 Å². The Morgan fingerprint density at radius 3 is 1.58 bits per heavy atom. The van der Waals surface area contributed by atoms with Crippen molar-refractivity contribution in [2.75, 3.05) is 0 Å². The molecule has 11 aromatic rings. The molecule has 0 N–H and O–H groups in total. The van der Waals surface area contributed by atoms with Crippen molar-refractivity contribution in [2.24, 2.45) is 0 Å². The van der Waals surface area contributed by atoms with Crippen LogP contribution in [0.4, 0.5) is 0 Å². The van der Waals surface area contributed by atoms with Gasteiger partial charge in [-0.2, -0.15) is 0 Å². The van der Waals surface area contributed by atoms with Crippen molar-refractivity contribution in [3.05, 3.63) is 201 Å². The lowest BCUT2D eigenvalue weighted by molar-refractivity contribution is 1.17. The first-order valence-corrected chi connectivity index (χ1v) is 19.1. The number of hydrogen-bond donors (Lipinski definition) is 0. The van der Waals surface area contributed by atoms with E-state index in [1.807, 2.05) is 55.0 Å². The minimum atomic E-state index is 0.666. The summed E-state index contributed by atoms with van der Waals surface area (Å²) in [7, 11) is 0. The fourth-order valence-electron chi connectivity index (χ4n) is 8.44. The summed E-state index contributed by atoms with van der Waals surface area (Å²) >= 11 is 0. The van der Waals surface area contributed by atoms with Crippen LogP contribution in [0.25, 0.3) is 105 Å². The van der Waals surface area contributed by atoms with E-state index in [2.05, 4.69) is 154 Å². The number of rotatable bonds is 6. The predicted molar refractivity (Wildman–Crippen MR) is 234 cm³/mol.